The molecule has 0 spiro atoms. The smallest absolute Gasteiger partial charge is 0.326 e. The van der Waals surface area contributed by atoms with Crippen LogP contribution in [0.25, 0.3) is 0 Å². The van der Waals surface area contributed by atoms with Crippen molar-refractivity contribution >= 4 is 29.5 Å². The minimum Gasteiger partial charge on any atom is -0.468 e. The van der Waals surface area contributed by atoms with E-state index in [0.717, 1.165) is 5.56 Å². The number of nitrogens with one attached hydrogen (secondary N) is 2. The number of imide groups is 1. The second-order valence-electron chi connectivity index (χ2n) is 9.14. The molecule has 2 aliphatic rings. The van der Waals surface area contributed by atoms with E-state index in [1.54, 1.807) is 14.0 Å². The molecular weight excluding hydrogens is 467 g/mol. The number of ether oxygens (including phenoxy) is 1. The minimum atomic E-state index is -1.39. The summed E-state index contributed by atoms with van der Waals surface area (Å²) in [6.45, 7) is 1.90. The predicted octanol–water partition coefficient (Wildman–Crippen LogP) is 2.38. The summed E-state index contributed by atoms with van der Waals surface area (Å²) in [6.07, 6.45) is 0.223. The van der Waals surface area contributed by atoms with Gasteiger partial charge in [-0.2, -0.15) is 0 Å². The fourth-order valence-corrected chi connectivity index (χ4v) is 5.23. The number of hydrogen-bond acceptors (Lipinski definition) is 6. The third-order valence-corrected chi connectivity index (χ3v) is 7.05. The fourth-order valence-electron chi connectivity index (χ4n) is 5.23. The monoisotopic (exact) mass is 496 g/mol. The first-order chi connectivity index (χ1) is 17.2. The van der Waals surface area contributed by atoms with Crippen molar-refractivity contribution in [2.24, 2.45) is 11.8 Å². The van der Waals surface area contributed by atoms with E-state index in [9.17, 15) is 23.6 Å². The maximum Gasteiger partial charge on any atom is 0.326 e. The number of urea groups is 1. The maximum absolute atomic E-state index is 13.6. The highest BCUT2D eigenvalue weighted by Gasteiger charge is 2.67. The Labute approximate surface area is 208 Å². The van der Waals surface area contributed by atoms with Gasteiger partial charge in [0.2, 0.25) is 11.8 Å². The summed E-state index contributed by atoms with van der Waals surface area (Å²) in [5, 5.41) is 5.87. The molecule has 2 heterocycles. The molecule has 0 aromatic heterocycles. The predicted molar refractivity (Wildman–Crippen MR) is 129 cm³/mol. The molecule has 0 radical (unpaired) electrons. The van der Waals surface area contributed by atoms with Gasteiger partial charge in [0.1, 0.15) is 11.4 Å². The summed E-state index contributed by atoms with van der Waals surface area (Å²) in [7, 11) is 2.79. The number of carbonyl (C=O) groups excluding carboxylic acids is 4. The standard InChI is InChI=1S/C26H29FN4O5/c1-4-26(24(34)36-3)21-20(22(32)31(23(21)33)14-16-8-6-5-7-9-16)19(29-26)15-30(2)25(35)28-18-12-10-17(27)11-13-18/h5-13,19-21,29H,4,14-15H2,1-3H3,(H,28,35)/t19-,20+,21-,26-/m1/s1. The molecule has 2 aliphatic heterocycles. The summed E-state index contributed by atoms with van der Waals surface area (Å²) in [5.41, 5.74) is -0.194. The topological polar surface area (TPSA) is 108 Å². The van der Waals surface area contributed by atoms with Crippen molar-refractivity contribution < 1.29 is 28.3 Å². The van der Waals surface area contributed by atoms with Gasteiger partial charge in [-0.15, -0.1) is 0 Å². The summed E-state index contributed by atoms with van der Waals surface area (Å²) in [5.74, 6) is -3.67. The molecular formula is C26H29FN4O5. The van der Waals surface area contributed by atoms with E-state index in [0.29, 0.717) is 5.69 Å². The molecule has 9 nitrogen and oxygen atoms in total. The zero-order chi connectivity index (χ0) is 26.0. The van der Waals surface area contributed by atoms with Gasteiger partial charge in [0.25, 0.3) is 0 Å². The Morgan fingerprint density at radius 3 is 2.39 bits per heavy atom. The lowest BCUT2D eigenvalue weighted by atomic mass is 9.78. The van der Waals surface area contributed by atoms with Gasteiger partial charge in [0.05, 0.1) is 25.5 Å². The van der Waals surface area contributed by atoms with Crippen molar-refractivity contribution in [1.82, 2.24) is 15.1 Å². The Hall–Kier alpha value is -3.79. The van der Waals surface area contributed by atoms with Gasteiger partial charge in [0.15, 0.2) is 0 Å². The molecule has 4 amide bonds. The molecule has 190 valence electrons. The lowest BCUT2D eigenvalue weighted by Gasteiger charge is -2.32. The molecule has 2 saturated heterocycles. The normalized spacial score (nSPS) is 25.0. The number of methoxy groups -OCH3 is 1. The number of halogens is 1. The molecule has 0 aliphatic carbocycles. The average molecular weight is 497 g/mol. The maximum atomic E-state index is 13.6. The number of likely N-dealkylation sites (N-methyl/N-ethyl adjacent to an activating group) is 1. The number of carbonyl (C=O) groups is 4. The molecule has 36 heavy (non-hydrogen) atoms. The number of rotatable bonds is 7. The Bertz CT molecular complexity index is 1160. The minimum absolute atomic E-state index is 0.0468. The first kappa shape index (κ1) is 25.3. The molecule has 0 saturated carbocycles. The second-order valence-corrected chi connectivity index (χ2v) is 9.14. The van der Waals surface area contributed by atoms with Gasteiger partial charge in [-0.25, -0.2) is 9.18 Å². The molecule has 10 heteroatoms. The highest BCUT2D eigenvalue weighted by Crippen LogP contribution is 2.45. The van der Waals surface area contributed by atoms with Crippen LogP contribution in [0.5, 0.6) is 0 Å². The van der Waals surface area contributed by atoms with Crippen LogP contribution in [0.2, 0.25) is 0 Å². The Kier molecular flexibility index (Phi) is 7.07. The van der Waals surface area contributed by atoms with E-state index in [4.69, 9.17) is 4.74 Å². The zero-order valence-electron chi connectivity index (χ0n) is 20.4. The average Bonchev–Trinajstić information content (AvgIpc) is 3.34. The number of amides is 4. The van der Waals surface area contributed by atoms with E-state index in [2.05, 4.69) is 10.6 Å². The lowest BCUT2D eigenvalue weighted by molar-refractivity contribution is -0.154. The first-order valence-corrected chi connectivity index (χ1v) is 11.7. The molecule has 2 aromatic rings. The van der Waals surface area contributed by atoms with Crippen molar-refractivity contribution in [2.75, 3.05) is 26.0 Å². The molecule has 4 atom stereocenters. The van der Waals surface area contributed by atoms with Gasteiger partial charge in [-0.3, -0.25) is 24.6 Å². The largest absolute Gasteiger partial charge is 0.468 e. The first-order valence-electron chi connectivity index (χ1n) is 11.7. The van der Waals surface area contributed by atoms with E-state index >= 15 is 0 Å². The molecule has 2 N–H and O–H groups in total. The van der Waals surface area contributed by atoms with Crippen LogP contribution in [0.15, 0.2) is 54.6 Å². The van der Waals surface area contributed by atoms with E-state index in [-0.39, 0.29) is 19.5 Å². The zero-order valence-corrected chi connectivity index (χ0v) is 20.4. The summed E-state index contributed by atoms with van der Waals surface area (Å²) >= 11 is 0. The Balaban J connectivity index is 1.59. The Morgan fingerprint density at radius 2 is 1.78 bits per heavy atom. The Morgan fingerprint density at radius 1 is 1.11 bits per heavy atom. The quantitative estimate of drug-likeness (QED) is 0.450. The van der Waals surface area contributed by atoms with Gasteiger partial charge in [-0.1, -0.05) is 37.3 Å². The van der Waals surface area contributed by atoms with Crippen LogP contribution < -0.4 is 10.6 Å². The van der Waals surface area contributed by atoms with Crippen molar-refractivity contribution in [1.29, 1.82) is 0 Å². The number of hydrogen-bond donors (Lipinski definition) is 2. The molecule has 0 unspecified atom stereocenters. The number of nitrogens with zero attached hydrogens (tertiary/aromatic N) is 2. The van der Waals surface area contributed by atoms with Crippen molar-refractivity contribution in [2.45, 2.75) is 31.5 Å². The third kappa shape index (κ3) is 4.44. The highest BCUT2D eigenvalue weighted by atomic mass is 19.1. The lowest BCUT2D eigenvalue weighted by Crippen LogP contribution is -2.58. The van der Waals surface area contributed by atoms with Gasteiger partial charge >= 0.3 is 12.0 Å². The second kappa shape index (κ2) is 10.1. The van der Waals surface area contributed by atoms with Gasteiger partial charge < -0.3 is 15.0 Å². The summed E-state index contributed by atoms with van der Waals surface area (Å²) in [4.78, 5) is 55.4. The van der Waals surface area contributed by atoms with Crippen LogP contribution in [0.1, 0.15) is 18.9 Å². The van der Waals surface area contributed by atoms with Crippen LogP contribution in [0.3, 0.4) is 0 Å². The van der Waals surface area contributed by atoms with Crippen molar-refractivity contribution in [3.63, 3.8) is 0 Å². The summed E-state index contributed by atoms with van der Waals surface area (Å²) < 4.78 is 18.2. The highest BCUT2D eigenvalue weighted by molar-refractivity contribution is 6.09. The number of esters is 1. The van der Waals surface area contributed by atoms with Crippen LogP contribution in [0, 0.1) is 17.7 Å². The van der Waals surface area contributed by atoms with Crippen molar-refractivity contribution in [3.8, 4) is 0 Å². The van der Waals surface area contributed by atoms with Crippen molar-refractivity contribution in [3.05, 3.63) is 66.0 Å². The van der Waals surface area contributed by atoms with E-state index in [1.807, 2.05) is 30.3 Å². The number of likely N-dealkylation sites (tertiary alicyclic amines) is 1. The van der Waals surface area contributed by atoms with E-state index < -0.39 is 53.0 Å². The summed E-state index contributed by atoms with van der Waals surface area (Å²) in [6, 6.07) is 13.3. The van der Waals surface area contributed by atoms with Crippen LogP contribution in [-0.2, 0) is 25.7 Å². The molecule has 0 bridgehead atoms. The third-order valence-electron chi connectivity index (χ3n) is 7.05. The fraction of sp³-hybridized carbons (Fsp3) is 0.385. The van der Waals surface area contributed by atoms with Gasteiger partial charge in [0, 0.05) is 25.3 Å². The van der Waals surface area contributed by atoms with E-state index in [1.165, 1.54) is 41.2 Å². The number of fused-ring (bicyclic) bond motifs is 1. The number of benzene rings is 2. The SMILES string of the molecule is CC[C@@]1(C(=O)OC)N[C@H](CN(C)C(=O)Nc2ccc(F)cc2)[C@@H]2C(=O)N(Cc3ccccc3)C(=O)[C@@H]21. The molecule has 4 rings (SSSR count). The molecule has 2 aromatic carbocycles. The van der Waals surface area contributed by atoms with Crippen LogP contribution in [-0.4, -0.2) is 65.9 Å². The number of anilines is 1. The van der Waals surface area contributed by atoms with Crippen LogP contribution in [0.4, 0.5) is 14.9 Å². The molecule has 2 fully saturated rings. The van der Waals surface area contributed by atoms with Crippen LogP contribution >= 0.6 is 0 Å². The van der Waals surface area contributed by atoms with Gasteiger partial charge in [-0.05, 0) is 36.2 Å².